The lowest BCUT2D eigenvalue weighted by atomic mass is 9.91. The van der Waals surface area contributed by atoms with Crippen LogP contribution in [0.2, 0.25) is 0 Å². The first-order valence-corrected chi connectivity index (χ1v) is 12.2. The van der Waals surface area contributed by atoms with Crippen LogP contribution in [0.25, 0.3) is 17.2 Å². The molecule has 0 N–H and O–H groups in total. The van der Waals surface area contributed by atoms with E-state index >= 15 is 0 Å². The van der Waals surface area contributed by atoms with Gasteiger partial charge in [0, 0.05) is 23.3 Å². The van der Waals surface area contributed by atoms with E-state index in [4.69, 9.17) is 4.74 Å². The number of halogens is 7. The van der Waals surface area contributed by atoms with Crippen LogP contribution in [0.5, 0.6) is 5.75 Å². The number of rotatable bonds is 8. The smallest absolute Gasteiger partial charge is 0.419 e. The van der Waals surface area contributed by atoms with Crippen LogP contribution < -0.4 is 4.74 Å². The molecule has 1 aliphatic rings. The summed E-state index contributed by atoms with van der Waals surface area (Å²) in [6.45, 7) is 2.71. The van der Waals surface area contributed by atoms with Crippen molar-refractivity contribution >= 4 is 6.08 Å². The predicted molar refractivity (Wildman–Crippen MR) is 129 cm³/mol. The summed E-state index contributed by atoms with van der Waals surface area (Å²) < 4.78 is 108. The highest BCUT2D eigenvalue weighted by Gasteiger charge is 2.29. The summed E-state index contributed by atoms with van der Waals surface area (Å²) in [5.41, 5.74) is -0.137. The predicted octanol–water partition coefficient (Wildman–Crippen LogP) is 9.00. The molecule has 0 aromatic heterocycles. The Labute approximate surface area is 215 Å². The molecule has 3 aromatic rings. The van der Waals surface area contributed by atoms with Gasteiger partial charge in [0.1, 0.15) is 17.4 Å². The van der Waals surface area contributed by atoms with Crippen LogP contribution in [-0.4, -0.2) is 12.7 Å². The fourth-order valence-electron chi connectivity index (χ4n) is 4.47. The molecule has 4 rings (SSSR count). The zero-order chi connectivity index (χ0) is 27.4. The molecule has 0 amide bonds. The molecule has 1 aliphatic heterocycles. The highest BCUT2D eigenvalue weighted by atomic mass is 19.3. The average Bonchev–Trinajstić information content (AvgIpc) is 2.87. The Balaban J connectivity index is 1.43. The molecule has 1 heterocycles. The fourth-order valence-corrected chi connectivity index (χ4v) is 4.47. The van der Waals surface area contributed by atoms with Crippen LogP contribution in [0.15, 0.2) is 54.6 Å². The van der Waals surface area contributed by atoms with E-state index in [1.807, 2.05) is 0 Å². The molecule has 9 heteroatoms. The van der Waals surface area contributed by atoms with Gasteiger partial charge in [-0.25, -0.2) is 22.0 Å². The molecule has 0 saturated carbocycles. The average molecular weight is 539 g/mol. The van der Waals surface area contributed by atoms with Gasteiger partial charge in [-0.05, 0) is 72.7 Å². The Hall–Kier alpha value is -3.33. The Morgan fingerprint density at radius 3 is 2.24 bits per heavy atom. The molecule has 2 atom stereocenters. The number of hydrogen-bond acceptors (Lipinski definition) is 2. The van der Waals surface area contributed by atoms with E-state index in [0.717, 1.165) is 43.9 Å². The number of benzene rings is 3. The highest BCUT2D eigenvalue weighted by molar-refractivity contribution is 5.65. The van der Waals surface area contributed by atoms with Crippen LogP contribution in [0.3, 0.4) is 0 Å². The maximum absolute atomic E-state index is 14.6. The Morgan fingerprint density at radius 2 is 1.63 bits per heavy atom. The zero-order valence-corrected chi connectivity index (χ0v) is 20.4. The summed E-state index contributed by atoms with van der Waals surface area (Å²) in [7, 11) is 0. The maximum atomic E-state index is 14.6. The van der Waals surface area contributed by atoms with Crippen molar-refractivity contribution in [1.29, 1.82) is 0 Å². The molecule has 38 heavy (non-hydrogen) atoms. The standard InChI is InChI=1S/C29H25F7O2/c1-2-3-17-4-9-27(37-16-17)19-6-5-18(23(30)12-19)10-11-29(35,36)38-21-7-8-22(24(31)15-21)20-13-25(32)28(34)26(33)14-20/h5-8,10-15,17,27H,2-4,9,16H2,1H3/b11-10+. The van der Waals surface area contributed by atoms with Crippen molar-refractivity contribution in [2.24, 2.45) is 5.92 Å². The summed E-state index contributed by atoms with van der Waals surface area (Å²) in [5, 5.41) is 0. The van der Waals surface area contributed by atoms with E-state index in [1.54, 1.807) is 6.07 Å². The molecule has 0 radical (unpaired) electrons. The molecule has 1 saturated heterocycles. The summed E-state index contributed by atoms with van der Waals surface area (Å²) in [5.74, 6) is -6.69. The zero-order valence-electron chi connectivity index (χ0n) is 20.4. The third-order valence-corrected chi connectivity index (χ3v) is 6.41. The van der Waals surface area contributed by atoms with Crippen molar-refractivity contribution in [3.8, 4) is 16.9 Å². The van der Waals surface area contributed by atoms with E-state index in [-0.39, 0.29) is 22.8 Å². The molecule has 2 nitrogen and oxygen atoms in total. The molecule has 2 unspecified atom stereocenters. The van der Waals surface area contributed by atoms with Gasteiger partial charge in [0.2, 0.25) is 0 Å². The normalized spacial score (nSPS) is 18.2. The molecule has 0 spiro atoms. The first-order chi connectivity index (χ1) is 18.1. The van der Waals surface area contributed by atoms with E-state index in [9.17, 15) is 30.7 Å². The summed E-state index contributed by atoms with van der Waals surface area (Å²) in [6, 6.07) is 7.95. The van der Waals surface area contributed by atoms with Crippen LogP contribution in [0, 0.1) is 35.0 Å². The second kappa shape index (κ2) is 11.6. The fraction of sp³-hybridized carbons (Fsp3) is 0.310. The van der Waals surface area contributed by atoms with Crippen molar-refractivity contribution in [3.05, 3.63) is 94.8 Å². The van der Waals surface area contributed by atoms with Crippen LogP contribution in [-0.2, 0) is 4.74 Å². The largest absolute Gasteiger partial charge is 0.429 e. The van der Waals surface area contributed by atoms with Crippen LogP contribution >= 0.6 is 0 Å². The second-order valence-corrected chi connectivity index (χ2v) is 9.23. The molecular formula is C29H25F7O2. The lowest BCUT2D eigenvalue weighted by Gasteiger charge is -2.29. The van der Waals surface area contributed by atoms with Crippen molar-refractivity contribution in [2.75, 3.05) is 6.61 Å². The minimum absolute atomic E-state index is 0.0985. The van der Waals surface area contributed by atoms with Gasteiger partial charge in [-0.3, -0.25) is 0 Å². The molecule has 1 fully saturated rings. The Bertz CT molecular complexity index is 1290. The third-order valence-electron chi connectivity index (χ3n) is 6.41. The van der Waals surface area contributed by atoms with Gasteiger partial charge >= 0.3 is 6.11 Å². The van der Waals surface area contributed by atoms with Crippen molar-refractivity contribution in [1.82, 2.24) is 0 Å². The number of alkyl halides is 2. The minimum Gasteiger partial charge on any atom is -0.429 e. The van der Waals surface area contributed by atoms with Crippen LogP contribution in [0.4, 0.5) is 30.7 Å². The SMILES string of the molecule is CCCC1CCC(c2ccc(/C=C/C(F)(F)Oc3ccc(-c4cc(F)c(F)c(F)c4)c(F)c3)c(F)c2)OC1. The molecular weight excluding hydrogens is 513 g/mol. The molecule has 0 bridgehead atoms. The minimum atomic E-state index is -3.94. The summed E-state index contributed by atoms with van der Waals surface area (Å²) in [6.07, 6.45) is 0.875. The first kappa shape index (κ1) is 27.7. The third kappa shape index (κ3) is 6.56. The van der Waals surface area contributed by atoms with Crippen LogP contribution in [0.1, 0.15) is 49.8 Å². The van der Waals surface area contributed by atoms with E-state index < -0.39 is 40.9 Å². The van der Waals surface area contributed by atoms with Gasteiger partial charge in [0.05, 0.1) is 12.7 Å². The summed E-state index contributed by atoms with van der Waals surface area (Å²) in [4.78, 5) is 0. The number of ether oxygens (including phenoxy) is 2. The number of hydrogen-bond donors (Lipinski definition) is 0. The van der Waals surface area contributed by atoms with E-state index in [0.29, 0.717) is 42.4 Å². The molecule has 3 aromatic carbocycles. The molecule has 0 aliphatic carbocycles. The Kier molecular flexibility index (Phi) is 8.45. The lowest BCUT2D eigenvalue weighted by Crippen LogP contribution is -2.21. The van der Waals surface area contributed by atoms with E-state index in [1.165, 1.54) is 12.1 Å². The topological polar surface area (TPSA) is 18.5 Å². The quantitative estimate of drug-likeness (QED) is 0.211. The maximum Gasteiger partial charge on any atom is 0.419 e. The van der Waals surface area contributed by atoms with Gasteiger partial charge in [-0.15, -0.1) is 0 Å². The first-order valence-electron chi connectivity index (χ1n) is 12.2. The van der Waals surface area contributed by atoms with E-state index in [2.05, 4.69) is 11.7 Å². The van der Waals surface area contributed by atoms with Gasteiger partial charge < -0.3 is 9.47 Å². The lowest BCUT2D eigenvalue weighted by molar-refractivity contribution is -0.131. The molecule has 202 valence electrons. The van der Waals surface area contributed by atoms with Gasteiger partial charge in [0.15, 0.2) is 17.5 Å². The second-order valence-electron chi connectivity index (χ2n) is 9.23. The van der Waals surface area contributed by atoms with Gasteiger partial charge in [0.25, 0.3) is 0 Å². The van der Waals surface area contributed by atoms with Crippen molar-refractivity contribution in [2.45, 2.75) is 44.8 Å². The van der Waals surface area contributed by atoms with Gasteiger partial charge in [-0.2, -0.15) is 8.78 Å². The summed E-state index contributed by atoms with van der Waals surface area (Å²) >= 11 is 0. The van der Waals surface area contributed by atoms with Crippen molar-refractivity contribution in [3.63, 3.8) is 0 Å². The highest BCUT2D eigenvalue weighted by Crippen LogP contribution is 2.34. The van der Waals surface area contributed by atoms with Gasteiger partial charge in [-0.1, -0.05) is 25.5 Å². The monoisotopic (exact) mass is 538 g/mol. The Morgan fingerprint density at radius 1 is 0.895 bits per heavy atom. The van der Waals surface area contributed by atoms with Crippen molar-refractivity contribution < 1.29 is 40.2 Å².